The van der Waals surface area contributed by atoms with E-state index in [9.17, 15) is 13.8 Å². The number of likely N-dealkylation sites (N-methyl/N-ethyl adjacent to an activating group) is 1. The maximum atomic E-state index is 13.0. The molecule has 3 amide bonds. The summed E-state index contributed by atoms with van der Waals surface area (Å²) in [4.78, 5) is 41.3. The van der Waals surface area contributed by atoms with Gasteiger partial charge in [0.2, 0.25) is 11.9 Å². The van der Waals surface area contributed by atoms with Gasteiger partial charge >= 0.3 is 6.03 Å². The number of piperidine rings is 2. The van der Waals surface area contributed by atoms with Crippen LogP contribution in [-0.2, 0) is 27.6 Å². The molecule has 5 heterocycles. The summed E-state index contributed by atoms with van der Waals surface area (Å²) in [6, 6.07) is 8.12. The number of likely N-dealkylation sites (tertiary alicyclic amines) is 1. The average molecular weight is 524 g/mol. The minimum Gasteiger partial charge on any atom is -0.364 e. The van der Waals surface area contributed by atoms with E-state index in [4.69, 9.17) is 9.97 Å². The lowest BCUT2D eigenvalue weighted by Crippen LogP contribution is -2.59. The van der Waals surface area contributed by atoms with Gasteiger partial charge in [-0.25, -0.2) is 9.78 Å². The highest BCUT2D eigenvalue weighted by atomic mass is 32.2. The molecule has 2 fully saturated rings. The predicted octanol–water partition coefficient (Wildman–Crippen LogP) is 2.54. The molecule has 0 radical (unpaired) electrons. The van der Waals surface area contributed by atoms with Crippen LogP contribution in [0.3, 0.4) is 0 Å². The molecule has 2 atom stereocenters. The van der Waals surface area contributed by atoms with Crippen LogP contribution in [0.1, 0.15) is 43.9 Å². The summed E-state index contributed by atoms with van der Waals surface area (Å²) in [6.07, 6.45) is 3.44. The summed E-state index contributed by atoms with van der Waals surface area (Å²) in [5.41, 5.74) is 2.55. The van der Waals surface area contributed by atoms with E-state index < -0.39 is 10.8 Å². The number of rotatable bonds is 4. The molecule has 196 valence electrons. The molecule has 6 rings (SSSR count). The fraction of sp³-hybridized carbons (Fsp3) is 0.538. The fourth-order valence-corrected chi connectivity index (χ4v) is 7.64. The van der Waals surface area contributed by atoms with Crippen molar-refractivity contribution in [1.29, 1.82) is 0 Å². The number of hydrogen-bond acceptors (Lipinski definition) is 7. The zero-order valence-electron chi connectivity index (χ0n) is 21.3. The summed E-state index contributed by atoms with van der Waals surface area (Å²) < 4.78 is 12.8. The van der Waals surface area contributed by atoms with Crippen molar-refractivity contribution in [2.45, 2.75) is 55.5 Å². The van der Waals surface area contributed by atoms with Gasteiger partial charge in [0.25, 0.3) is 0 Å². The zero-order valence-corrected chi connectivity index (χ0v) is 22.1. The average Bonchev–Trinajstić information content (AvgIpc) is 3.28. The number of amides is 3. The number of nitrogens with one attached hydrogen (secondary N) is 2. The molecule has 0 bridgehead atoms. The fourth-order valence-electron chi connectivity index (χ4n) is 6.33. The number of anilines is 3. The molecule has 0 aliphatic carbocycles. The minimum atomic E-state index is -1.12. The smallest absolute Gasteiger partial charge is 0.322 e. The Kier molecular flexibility index (Phi) is 6.05. The molecule has 2 aromatic rings. The van der Waals surface area contributed by atoms with Crippen LogP contribution >= 0.6 is 0 Å². The second-order valence-electron chi connectivity index (χ2n) is 10.3. The molecule has 1 unspecified atom stereocenters. The predicted molar refractivity (Wildman–Crippen MR) is 142 cm³/mol. The monoisotopic (exact) mass is 523 g/mol. The van der Waals surface area contributed by atoms with Crippen molar-refractivity contribution in [3.05, 3.63) is 35.5 Å². The summed E-state index contributed by atoms with van der Waals surface area (Å²) in [5.74, 6) is 2.00. The Hall–Kier alpha value is -3.21. The largest absolute Gasteiger partial charge is 0.364 e. The van der Waals surface area contributed by atoms with E-state index in [0.717, 1.165) is 30.6 Å². The van der Waals surface area contributed by atoms with Gasteiger partial charge < -0.3 is 25.3 Å². The Morgan fingerprint density at radius 1 is 1.16 bits per heavy atom. The van der Waals surface area contributed by atoms with E-state index in [-0.39, 0.29) is 23.5 Å². The molecule has 1 aromatic carbocycles. The Morgan fingerprint density at radius 3 is 2.70 bits per heavy atom. The number of nitrogens with zero attached hydrogens (tertiary/aromatic N) is 5. The topological polar surface area (TPSA) is 111 Å². The van der Waals surface area contributed by atoms with E-state index in [0.29, 0.717) is 61.4 Å². The zero-order chi connectivity index (χ0) is 25.7. The Morgan fingerprint density at radius 2 is 1.95 bits per heavy atom. The molecule has 10 nitrogen and oxygen atoms in total. The molecular weight excluding hydrogens is 490 g/mol. The number of hydrogen-bond donors (Lipinski definition) is 2. The highest BCUT2D eigenvalue weighted by Crippen LogP contribution is 2.45. The molecule has 4 aliphatic rings. The van der Waals surface area contributed by atoms with Gasteiger partial charge in [-0.3, -0.25) is 9.00 Å². The van der Waals surface area contributed by atoms with E-state index in [1.807, 2.05) is 37.1 Å². The molecule has 37 heavy (non-hydrogen) atoms. The van der Waals surface area contributed by atoms with E-state index in [1.54, 1.807) is 4.90 Å². The second kappa shape index (κ2) is 9.27. The third-order valence-corrected chi connectivity index (χ3v) is 9.72. The lowest BCUT2D eigenvalue weighted by atomic mass is 9.77. The van der Waals surface area contributed by atoms with E-state index in [1.165, 1.54) is 5.56 Å². The third kappa shape index (κ3) is 4.03. The number of aromatic nitrogens is 2. The maximum Gasteiger partial charge on any atom is 0.322 e. The summed E-state index contributed by atoms with van der Waals surface area (Å²) in [7, 11) is 0.692. The van der Waals surface area contributed by atoms with Gasteiger partial charge in [-0.15, -0.1) is 0 Å². The molecule has 4 aliphatic heterocycles. The van der Waals surface area contributed by atoms with Crippen LogP contribution in [0, 0.1) is 0 Å². The van der Waals surface area contributed by atoms with Crippen molar-refractivity contribution < 1.29 is 13.8 Å². The highest BCUT2D eigenvalue weighted by Gasteiger charge is 2.47. The first kappa shape index (κ1) is 24.1. The van der Waals surface area contributed by atoms with Crippen LogP contribution in [0.5, 0.6) is 0 Å². The summed E-state index contributed by atoms with van der Waals surface area (Å²) >= 11 is 0. The van der Waals surface area contributed by atoms with Crippen molar-refractivity contribution >= 4 is 40.2 Å². The van der Waals surface area contributed by atoms with Gasteiger partial charge in [-0.05, 0) is 32.3 Å². The first-order valence-corrected chi connectivity index (χ1v) is 14.4. The molecule has 11 heteroatoms. The molecule has 1 spiro atoms. The van der Waals surface area contributed by atoms with Crippen molar-refractivity contribution in [2.75, 3.05) is 54.5 Å². The number of urea groups is 1. The molecule has 2 N–H and O–H groups in total. The van der Waals surface area contributed by atoms with E-state index in [2.05, 4.69) is 21.6 Å². The first-order chi connectivity index (χ1) is 17.9. The van der Waals surface area contributed by atoms with Gasteiger partial charge in [0.05, 0.1) is 22.0 Å². The minimum absolute atomic E-state index is 0.0478. The number of benzene rings is 1. The van der Waals surface area contributed by atoms with Crippen molar-refractivity contribution in [1.82, 2.24) is 19.8 Å². The number of para-hydroxylation sites is 1. The summed E-state index contributed by atoms with van der Waals surface area (Å²) in [5, 5.41) is 6.55. The van der Waals surface area contributed by atoms with Gasteiger partial charge in [0, 0.05) is 69.1 Å². The second-order valence-corrected chi connectivity index (χ2v) is 11.8. The van der Waals surface area contributed by atoms with Crippen LogP contribution < -0.4 is 15.5 Å². The van der Waals surface area contributed by atoms with E-state index >= 15 is 0 Å². The standard InChI is InChI=1S/C26H33N7O3S/c1-3-33-25(35)29-19-7-5-4-6-18(19)26(33)11-13-32(14-12-26)24-28-20-10-15-37(36)22(20)23(30-24)27-17-8-9-21(34)31(2)16-17/h4-7,17H,3,8-16H2,1-2H3,(H,29,35)(H,27,28,30)/t17-,37?/m0/s1. The molecule has 2 saturated heterocycles. The first-order valence-electron chi connectivity index (χ1n) is 13.1. The van der Waals surface area contributed by atoms with Gasteiger partial charge in [-0.2, -0.15) is 4.98 Å². The van der Waals surface area contributed by atoms with Crippen LogP contribution in [0.25, 0.3) is 0 Å². The van der Waals surface area contributed by atoms with Gasteiger partial charge in [0.1, 0.15) is 10.7 Å². The number of aryl methyl sites for hydroxylation is 1. The maximum absolute atomic E-state index is 13.0. The quantitative estimate of drug-likeness (QED) is 0.634. The lowest BCUT2D eigenvalue weighted by Gasteiger charge is -2.51. The molecular formula is C26H33N7O3S. The normalized spacial score (nSPS) is 24.6. The Balaban J connectivity index is 1.28. The number of fused-ring (bicyclic) bond motifs is 3. The lowest BCUT2D eigenvalue weighted by molar-refractivity contribution is -0.132. The molecule has 0 saturated carbocycles. The van der Waals surface area contributed by atoms with Gasteiger partial charge in [-0.1, -0.05) is 18.2 Å². The highest BCUT2D eigenvalue weighted by molar-refractivity contribution is 7.85. The summed E-state index contributed by atoms with van der Waals surface area (Å²) in [6.45, 7) is 4.67. The van der Waals surface area contributed by atoms with Crippen molar-refractivity contribution in [3.8, 4) is 0 Å². The SMILES string of the molecule is CCN1C(=O)Nc2ccccc2C12CCN(c1nc3c(c(N[C@H]4CCC(=O)N(C)C4)n1)S(=O)CC3)CC2. The van der Waals surface area contributed by atoms with Crippen LogP contribution in [-0.4, -0.2) is 80.9 Å². The van der Waals surface area contributed by atoms with Crippen molar-refractivity contribution in [2.24, 2.45) is 0 Å². The number of carbonyl (C=O) groups excluding carboxylic acids is 2. The van der Waals surface area contributed by atoms with Gasteiger partial charge in [0.15, 0.2) is 0 Å². The Labute approximate surface area is 219 Å². The number of carbonyl (C=O) groups is 2. The Bertz CT molecular complexity index is 1280. The van der Waals surface area contributed by atoms with Crippen LogP contribution in [0.2, 0.25) is 0 Å². The third-order valence-electron chi connectivity index (χ3n) is 8.26. The molecule has 1 aromatic heterocycles. The van der Waals surface area contributed by atoms with Crippen LogP contribution in [0.4, 0.5) is 22.2 Å². The van der Waals surface area contributed by atoms with Crippen molar-refractivity contribution in [3.63, 3.8) is 0 Å². The van der Waals surface area contributed by atoms with Crippen LogP contribution in [0.15, 0.2) is 29.2 Å².